The van der Waals surface area contributed by atoms with Crippen LogP contribution in [0.4, 0.5) is 0 Å². The zero-order chi connectivity index (χ0) is 33.4. The summed E-state index contributed by atoms with van der Waals surface area (Å²) in [6.45, 7) is 16.6. The first-order valence-corrected chi connectivity index (χ1v) is 20.0. The van der Waals surface area contributed by atoms with Crippen LogP contribution in [0.15, 0.2) is 0 Å². The fraction of sp³-hybridized carbons (Fsp3) is 0.952. The lowest BCUT2D eigenvalue weighted by atomic mass is 9.41. The average Bonchev–Trinajstić information content (AvgIpc) is 3.37. The summed E-state index contributed by atoms with van der Waals surface area (Å²) in [4.78, 5) is 26.0. The number of carbonyl (C=O) groups excluding carboxylic acids is 2. The highest BCUT2D eigenvalue weighted by atomic mass is 16.5. The summed E-state index contributed by atoms with van der Waals surface area (Å²) in [7, 11) is 0. The number of hydrogen-bond acceptors (Lipinski definition) is 5. The van der Waals surface area contributed by atoms with E-state index in [1.807, 2.05) is 0 Å². The highest BCUT2D eigenvalue weighted by molar-refractivity contribution is 5.73. The Morgan fingerprint density at radius 2 is 1.38 bits per heavy atom. The van der Waals surface area contributed by atoms with Gasteiger partial charge in [-0.1, -0.05) is 48.0 Å². The minimum Gasteiger partial charge on any atom is -0.462 e. The van der Waals surface area contributed by atoms with Gasteiger partial charge in [0.2, 0.25) is 0 Å². The summed E-state index contributed by atoms with van der Waals surface area (Å²) >= 11 is 0. The van der Waals surface area contributed by atoms with Gasteiger partial charge in [0.1, 0.15) is 18.3 Å². The van der Waals surface area contributed by atoms with Gasteiger partial charge < -0.3 is 14.6 Å². The summed E-state index contributed by atoms with van der Waals surface area (Å²) in [6, 6.07) is 0. The van der Waals surface area contributed by atoms with Crippen LogP contribution in [0.1, 0.15) is 158 Å². The molecule has 47 heavy (non-hydrogen) atoms. The van der Waals surface area contributed by atoms with Gasteiger partial charge in [0.15, 0.2) is 0 Å². The maximum atomic E-state index is 14.1. The number of hydrogen-bond donors (Lipinski definition) is 1. The SMILES string of the molecule is CC(=O)O[C@@H]1CC[C@]2(C)[C@H](CC[C@@]34C[C@H](CC[C@H]32)[C@H](C(=O)OC[C@@]2(O)C[C@@]35CC[C@@H]6C(C)(C)CCC[C@@]6(C)[C@@H]3CC[C@H]2C5)C4)C1(C)C. The Morgan fingerprint density at radius 3 is 2.15 bits per heavy atom. The molecule has 0 aromatic rings. The zero-order valence-corrected chi connectivity index (χ0v) is 30.9. The quantitative estimate of drug-likeness (QED) is 0.307. The first kappa shape index (κ1) is 33.1. The lowest BCUT2D eigenvalue weighted by Crippen LogP contribution is -2.59. The first-order chi connectivity index (χ1) is 22.0. The van der Waals surface area contributed by atoms with Gasteiger partial charge in [-0.05, 0) is 165 Å². The van der Waals surface area contributed by atoms with E-state index in [1.54, 1.807) is 6.92 Å². The number of fused-ring (bicyclic) bond motifs is 6. The molecule has 5 nitrogen and oxygen atoms in total. The third-order valence-corrected chi connectivity index (χ3v) is 18.3. The Hall–Kier alpha value is -1.10. The monoisotopic (exact) mass is 650 g/mol. The van der Waals surface area contributed by atoms with E-state index in [4.69, 9.17) is 9.47 Å². The molecule has 0 radical (unpaired) electrons. The molecule has 0 aromatic heterocycles. The van der Waals surface area contributed by atoms with Crippen LogP contribution in [-0.4, -0.2) is 35.4 Å². The number of ether oxygens (including phenoxy) is 2. The van der Waals surface area contributed by atoms with E-state index in [9.17, 15) is 14.7 Å². The summed E-state index contributed by atoms with van der Waals surface area (Å²) in [5.41, 5.74) is 0.595. The standard InChI is InChI=1S/C42H66O5/c1-26(43)47-34-15-18-39(7)31(37(34,4)5)14-19-40-21-27(9-11-32(39)40)29(23-40)35(44)46-25-42(45)24-41-20-13-30-36(2,3)16-8-17-38(30,6)33(41)12-10-28(42)22-41/h27-34,45H,8-25H2,1-7H3/t27-,28-,29+,30+,31+,32-,33-,34+,38+,39+,40-,41-,42-/m0/s1. The molecule has 0 aliphatic heterocycles. The number of esters is 2. The number of aliphatic hydroxyl groups is 1. The molecule has 8 saturated carbocycles. The average molecular weight is 651 g/mol. The highest BCUT2D eigenvalue weighted by Crippen LogP contribution is 2.74. The topological polar surface area (TPSA) is 72.8 Å². The molecule has 0 amide bonds. The minimum atomic E-state index is -0.857. The van der Waals surface area contributed by atoms with Crippen LogP contribution in [0, 0.1) is 73.9 Å². The van der Waals surface area contributed by atoms with Gasteiger partial charge in [-0.15, -0.1) is 0 Å². The largest absolute Gasteiger partial charge is 0.462 e. The van der Waals surface area contributed by atoms with Gasteiger partial charge in [-0.25, -0.2) is 0 Å². The van der Waals surface area contributed by atoms with Crippen molar-refractivity contribution in [1.82, 2.24) is 0 Å². The van der Waals surface area contributed by atoms with E-state index in [-0.39, 0.29) is 58.1 Å². The Bertz CT molecular complexity index is 1300. The molecule has 5 heteroatoms. The molecule has 1 N–H and O–H groups in total. The van der Waals surface area contributed by atoms with Crippen molar-refractivity contribution in [3.8, 4) is 0 Å². The molecule has 8 rings (SSSR count). The summed E-state index contributed by atoms with van der Waals surface area (Å²) in [6.07, 6.45) is 19.8. The van der Waals surface area contributed by atoms with Crippen LogP contribution in [0.25, 0.3) is 0 Å². The Balaban J connectivity index is 0.949. The van der Waals surface area contributed by atoms with Crippen molar-refractivity contribution in [3.63, 3.8) is 0 Å². The third-order valence-electron chi connectivity index (χ3n) is 18.3. The molecule has 0 saturated heterocycles. The molecule has 8 aliphatic carbocycles. The van der Waals surface area contributed by atoms with Crippen LogP contribution in [0.5, 0.6) is 0 Å². The second-order valence-electron chi connectivity index (χ2n) is 21.0. The molecule has 13 atom stereocenters. The van der Waals surface area contributed by atoms with Gasteiger partial charge in [0, 0.05) is 12.3 Å². The molecule has 0 heterocycles. The van der Waals surface area contributed by atoms with E-state index in [0.717, 1.165) is 57.3 Å². The Kier molecular flexibility index (Phi) is 7.37. The number of rotatable bonds is 4. The molecular formula is C42H66O5. The molecule has 264 valence electrons. The molecule has 2 spiro atoms. The van der Waals surface area contributed by atoms with E-state index < -0.39 is 5.60 Å². The zero-order valence-electron chi connectivity index (χ0n) is 30.9. The normalized spacial score (nSPS) is 53.5. The fourth-order valence-corrected chi connectivity index (χ4v) is 16.8. The van der Waals surface area contributed by atoms with Crippen LogP contribution in [0.2, 0.25) is 0 Å². The van der Waals surface area contributed by atoms with Gasteiger partial charge >= 0.3 is 11.9 Å². The van der Waals surface area contributed by atoms with Crippen LogP contribution >= 0.6 is 0 Å². The van der Waals surface area contributed by atoms with Gasteiger partial charge in [0.05, 0.1) is 5.92 Å². The van der Waals surface area contributed by atoms with E-state index in [1.165, 1.54) is 57.8 Å². The first-order valence-electron chi connectivity index (χ1n) is 20.0. The van der Waals surface area contributed by atoms with Crippen LogP contribution < -0.4 is 0 Å². The minimum absolute atomic E-state index is 0.00199. The second kappa shape index (κ2) is 10.5. The van der Waals surface area contributed by atoms with Crippen molar-refractivity contribution in [1.29, 1.82) is 0 Å². The highest BCUT2D eigenvalue weighted by Gasteiger charge is 2.69. The van der Waals surface area contributed by atoms with Crippen molar-refractivity contribution in [2.24, 2.45) is 73.9 Å². The van der Waals surface area contributed by atoms with Crippen molar-refractivity contribution < 1.29 is 24.2 Å². The summed E-state index contributed by atoms with van der Waals surface area (Å²) in [5.74, 6) is 3.16. The molecule has 8 aliphatic rings. The van der Waals surface area contributed by atoms with E-state index >= 15 is 0 Å². The molecular weight excluding hydrogens is 584 g/mol. The van der Waals surface area contributed by atoms with Crippen molar-refractivity contribution in [3.05, 3.63) is 0 Å². The molecule has 0 aromatic carbocycles. The van der Waals surface area contributed by atoms with Gasteiger partial charge in [-0.2, -0.15) is 0 Å². The fourth-order valence-electron chi connectivity index (χ4n) is 16.8. The van der Waals surface area contributed by atoms with Crippen molar-refractivity contribution in [2.75, 3.05) is 6.61 Å². The second-order valence-corrected chi connectivity index (χ2v) is 21.0. The smallest absolute Gasteiger partial charge is 0.309 e. The summed E-state index contributed by atoms with van der Waals surface area (Å²) < 4.78 is 12.2. The third kappa shape index (κ3) is 4.61. The number of carbonyl (C=O) groups is 2. The van der Waals surface area contributed by atoms with Crippen LogP contribution in [-0.2, 0) is 19.1 Å². The maximum Gasteiger partial charge on any atom is 0.309 e. The van der Waals surface area contributed by atoms with Crippen molar-refractivity contribution in [2.45, 2.75) is 169 Å². The maximum absolute atomic E-state index is 14.1. The Morgan fingerprint density at radius 1 is 0.702 bits per heavy atom. The predicted molar refractivity (Wildman–Crippen MR) is 183 cm³/mol. The molecule has 4 bridgehead atoms. The molecule has 8 fully saturated rings. The molecule has 0 unspecified atom stereocenters. The Labute approximate surface area is 285 Å². The predicted octanol–water partition coefficient (Wildman–Crippen LogP) is 9.28. The van der Waals surface area contributed by atoms with Crippen molar-refractivity contribution >= 4 is 11.9 Å². The lowest BCUT2D eigenvalue weighted by molar-refractivity contribution is -0.197. The van der Waals surface area contributed by atoms with Gasteiger partial charge in [-0.3, -0.25) is 9.59 Å². The van der Waals surface area contributed by atoms with E-state index in [0.29, 0.717) is 34.5 Å². The van der Waals surface area contributed by atoms with Gasteiger partial charge in [0.25, 0.3) is 0 Å². The van der Waals surface area contributed by atoms with E-state index in [2.05, 4.69) is 41.5 Å². The summed E-state index contributed by atoms with van der Waals surface area (Å²) in [5, 5.41) is 12.3. The van der Waals surface area contributed by atoms with Crippen LogP contribution in [0.3, 0.4) is 0 Å². The lowest BCUT2D eigenvalue weighted by Gasteiger charge is -2.65.